The molecule has 2 N–H and O–H groups in total. The summed E-state index contributed by atoms with van der Waals surface area (Å²) in [5.74, 6) is 0.510. The molecule has 3 aromatic rings. The molecule has 0 aliphatic rings. The van der Waals surface area contributed by atoms with Crippen LogP contribution in [0, 0.1) is 5.82 Å². The maximum atomic E-state index is 13.3. The fourth-order valence-corrected chi connectivity index (χ4v) is 3.45. The molecule has 0 aliphatic heterocycles. The number of carbonyl (C=O) groups excluding carboxylic acids is 1. The van der Waals surface area contributed by atoms with Crippen molar-refractivity contribution >= 4 is 11.6 Å². The van der Waals surface area contributed by atoms with Gasteiger partial charge in [0.2, 0.25) is 0 Å². The molecule has 0 bridgehead atoms. The van der Waals surface area contributed by atoms with Crippen LogP contribution in [0.2, 0.25) is 0 Å². The summed E-state index contributed by atoms with van der Waals surface area (Å²) in [6.45, 7) is 3.64. The molecular weight excluding hydrogens is 409 g/mol. The molecule has 0 radical (unpaired) electrons. The number of carbonyl (C=O) groups is 1. The molecule has 1 aromatic carbocycles. The van der Waals surface area contributed by atoms with Gasteiger partial charge < -0.3 is 15.4 Å². The van der Waals surface area contributed by atoms with E-state index in [1.54, 1.807) is 23.0 Å². The Morgan fingerprint density at radius 2 is 2.00 bits per heavy atom. The van der Waals surface area contributed by atoms with Gasteiger partial charge in [0, 0.05) is 44.7 Å². The predicted molar refractivity (Wildman–Crippen MR) is 123 cm³/mol. The monoisotopic (exact) mass is 439 g/mol. The summed E-state index contributed by atoms with van der Waals surface area (Å²) in [6.07, 6.45) is 2.44. The number of rotatable bonds is 12. The van der Waals surface area contributed by atoms with Crippen molar-refractivity contribution in [2.24, 2.45) is 7.05 Å². The highest BCUT2D eigenvalue weighted by molar-refractivity contribution is 5.86. The van der Waals surface area contributed by atoms with E-state index in [2.05, 4.69) is 20.7 Å². The van der Waals surface area contributed by atoms with Gasteiger partial charge in [-0.05, 0) is 49.2 Å². The van der Waals surface area contributed by atoms with Gasteiger partial charge in [0.25, 0.3) is 0 Å². The van der Waals surface area contributed by atoms with Crippen LogP contribution >= 0.6 is 0 Å². The second-order valence-electron chi connectivity index (χ2n) is 7.50. The van der Waals surface area contributed by atoms with Crippen molar-refractivity contribution in [1.82, 2.24) is 20.1 Å². The Kier molecular flexibility index (Phi) is 8.47. The second-order valence-corrected chi connectivity index (χ2v) is 7.50. The molecule has 0 amide bonds. The highest BCUT2D eigenvalue weighted by Gasteiger charge is 2.21. The fourth-order valence-electron chi connectivity index (χ4n) is 3.45. The second kappa shape index (κ2) is 11.5. The molecule has 0 saturated carbocycles. The highest BCUT2D eigenvalue weighted by atomic mass is 19.1. The molecule has 0 fully saturated rings. The molecule has 0 aliphatic carbocycles. The maximum absolute atomic E-state index is 13.3. The van der Waals surface area contributed by atoms with Crippen molar-refractivity contribution < 1.29 is 13.9 Å². The number of hydrogen-bond donors (Lipinski definition) is 2. The number of halogens is 1. The first-order chi connectivity index (χ1) is 15.5. The summed E-state index contributed by atoms with van der Waals surface area (Å²) in [5, 5.41) is 10.9. The highest BCUT2D eigenvalue weighted by Crippen LogP contribution is 2.21. The molecular formula is C24H30FN5O2. The Morgan fingerprint density at radius 3 is 2.72 bits per heavy atom. The minimum atomic E-state index is -0.406. The average Bonchev–Trinajstić information content (AvgIpc) is 3.17. The van der Waals surface area contributed by atoms with Crippen LogP contribution in [0.3, 0.4) is 0 Å². The Balaban J connectivity index is 1.74. The zero-order valence-electron chi connectivity index (χ0n) is 18.8. The first kappa shape index (κ1) is 23.6. The van der Waals surface area contributed by atoms with Crippen LogP contribution in [-0.4, -0.2) is 53.4 Å². The SMILES string of the molecule is CCOCCN[C@@H](Cc1ccc(F)cc1)C(=O)Cc1cc(-c2ccnc(NC)c2)nn1C. The number of ether oxygens (including phenoxy) is 1. The minimum absolute atomic E-state index is 0.0472. The maximum Gasteiger partial charge on any atom is 0.155 e. The van der Waals surface area contributed by atoms with Crippen LogP contribution in [0.4, 0.5) is 10.2 Å². The standard InChI is InChI=1S/C24H30FN5O2/c1-4-32-12-11-27-22(13-17-5-7-19(25)8-6-17)23(31)16-20-15-21(29-30(20)3)18-9-10-28-24(14-18)26-2/h5-10,14-15,22,27H,4,11-13,16H2,1-3H3,(H,26,28)/t22-/m0/s1. The third kappa shape index (κ3) is 6.45. The van der Waals surface area contributed by atoms with Crippen molar-refractivity contribution in [3.05, 3.63) is 65.7 Å². The number of benzene rings is 1. The quantitative estimate of drug-likeness (QED) is 0.422. The van der Waals surface area contributed by atoms with Gasteiger partial charge >= 0.3 is 0 Å². The first-order valence-corrected chi connectivity index (χ1v) is 10.8. The molecule has 170 valence electrons. The van der Waals surface area contributed by atoms with Crippen molar-refractivity contribution in [2.75, 3.05) is 32.1 Å². The van der Waals surface area contributed by atoms with Crippen molar-refractivity contribution in [2.45, 2.75) is 25.8 Å². The Morgan fingerprint density at radius 1 is 1.22 bits per heavy atom. The minimum Gasteiger partial charge on any atom is -0.380 e. The summed E-state index contributed by atoms with van der Waals surface area (Å²) in [5.41, 5.74) is 3.43. The molecule has 2 aromatic heterocycles. The van der Waals surface area contributed by atoms with E-state index < -0.39 is 6.04 Å². The van der Waals surface area contributed by atoms with E-state index in [0.29, 0.717) is 26.2 Å². The summed E-state index contributed by atoms with van der Waals surface area (Å²) < 4.78 is 20.4. The summed E-state index contributed by atoms with van der Waals surface area (Å²) >= 11 is 0. The summed E-state index contributed by atoms with van der Waals surface area (Å²) in [7, 11) is 3.65. The topological polar surface area (TPSA) is 81.1 Å². The van der Waals surface area contributed by atoms with Gasteiger partial charge in [0.15, 0.2) is 5.78 Å². The lowest BCUT2D eigenvalue weighted by Gasteiger charge is -2.18. The first-order valence-electron chi connectivity index (χ1n) is 10.8. The van der Waals surface area contributed by atoms with Gasteiger partial charge in [-0.15, -0.1) is 0 Å². The molecule has 3 rings (SSSR count). The molecule has 32 heavy (non-hydrogen) atoms. The lowest BCUT2D eigenvalue weighted by atomic mass is 9.99. The normalized spacial score (nSPS) is 12.0. The Hall–Kier alpha value is -3.10. The van der Waals surface area contributed by atoms with Crippen molar-refractivity contribution in [3.8, 4) is 11.3 Å². The van der Waals surface area contributed by atoms with E-state index in [1.807, 2.05) is 39.2 Å². The number of ketones is 1. The zero-order valence-corrected chi connectivity index (χ0v) is 18.8. The van der Waals surface area contributed by atoms with E-state index in [9.17, 15) is 9.18 Å². The van der Waals surface area contributed by atoms with E-state index in [0.717, 1.165) is 28.3 Å². The third-order valence-corrected chi connectivity index (χ3v) is 5.23. The van der Waals surface area contributed by atoms with E-state index in [4.69, 9.17) is 4.74 Å². The number of aryl methyl sites for hydroxylation is 1. The van der Waals surface area contributed by atoms with Crippen molar-refractivity contribution in [3.63, 3.8) is 0 Å². The molecule has 0 spiro atoms. The number of nitrogens with one attached hydrogen (secondary N) is 2. The van der Waals surface area contributed by atoms with Gasteiger partial charge in [0.05, 0.1) is 24.8 Å². The van der Waals surface area contributed by atoms with Crippen LogP contribution in [0.25, 0.3) is 11.3 Å². The number of aromatic nitrogens is 3. The fraction of sp³-hybridized carbons (Fsp3) is 0.375. The van der Waals surface area contributed by atoms with Gasteiger partial charge in [-0.1, -0.05) is 12.1 Å². The predicted octanol–water partition coefficient (Wildman–Crippen LogP) is 3.01. The number of anilines is 1. The Labute approximate surface area is 188 Å². The third-order valence-electron chi connectivity index (χ3n) is 5.23. The van der Waals surface area contributed by atoms with Crippen LogP contribution in [0.15, 0.2) is 48.7 Å². The van der Waals surface area contributed by atoms with Crippen LogP contribution in [0.1, 0.15) is 18.2 Å². The zero-order chi connectivity index (χ0) is 22.9. The van der Waals surface area contributed by atoms with Gasteiger partial charge in [-0.3, -0.25) is 9.48 Å². The van der Waals surface area contributed by atoms with E-state index in [1.165, 1.54) is 12.1 Å². The molecule has 7 nitrogen and oxygen atoms in total. The number of hydrogen-bond acceptors (Lipinski definition) is 6. The average molecular weight is 440 g/mol. The van der Waals surface area contributed by atoms with E-state index in [-0.39, 0.29) is 18.0 Å². The Bertz CT molecular complexity index is 1020. The summed E-state index contributed by atoms with van der Waals surface area (Å²) in [4.78, 5) is 17.4. The lowest BCUT2D eigenvalue weighted by Crippen LogP contribution is -2.41. The van der Waals surface area contributed by atoms with Gasteiger partial charge in [-0.2, -0.15) is 5.10 Å². The van der Waals surface area contributed by atoms with E-state index >= 15 is 0 Å². The molecule has 1 atom stereocenters. The molecule has 2 heterocycles. The largest absolute Gasteiger partial charge is 0.380 e. The van der Waals surface area contributed by atoms with Crippen molar-refractivity contribution in [1.29, 1.82) is 0 Å². The molecule has 0 unspecified atom stereocenters. The van der Waals surface area contributed by atoms with Gasteiger partial charge in [-0.25, -0.2) is 9.37 Å². The molecule has 8 heteroatoms. The smallest absolute Gasteiger partial charge is 0.155 e. The van der Waals surface area contributed by atoms with Crippen LogP contribution in [-0.2, 0) is 29.4 Å². The number of pyridine rings is 1. The lowest BCUT2D eigenvalue weighted by molar-refractivity contribution is -0.120. The van der Waals surface area contributed by atoms with Crippen LogP contribution in [0.5, 0.6) is 0 Å². The molecule has 0 saturated heterocycles. The van der Waals surface area contributed by atoms with Crippen LogP contribution < -0.4 is 10.6 Å². The number of nitrogens with zero attached hydrogens (tertiary/aromatic N) is 3. The van der Waals surface area contributed by atoms with Gasteiger partial charge in [0.1, 0.15) is 11.6 Å². The summed E-state index contributed by atoms with van der Waals surface area (Å²) in [6, 6.07) is 11.6. The number of Topliss-reactive ketones (excluding diaryl/α,β-unsaturated/α-hetero) is 1.